The number of aliphatic hydroxyl groups is 2. The van der Waals surface area contributed by atoms with E-state index in [1.165, 1.54) is 0 Å². The number of epoxide rings is 1. The number of hydrogen-bond acceptors (Lipinski definition) is 11. The van der Waals surface area contributed by atoms with E-state index in [2.05, 4.69) is 42.0 Å². The minimum Gasteiger partial charge on any atom is -0.390 e. The Morgan fingerprint density at radius 3 is 1.75 bits per heavy atom. The first-order valence-corrected chi connectivity index (χ1v) is 21.2. The number of ketones is 4. The number of Topliss-reactive ketones (excluding diaryl/α,β-unsaturated/α-hetero) is 4. The number of fused-ring (bicyclic) bond motifs is 1. The van der Waals surface area contributed by atoms with Crippen molar-refractivity contribution in [3.63, 3.8) is 0 Å². The lowest BCUT2D eigenvalue weighted by Crippen LogP contribution is -2.59. The van der Waals surface area contributed by atoms with Gasteiger partial charge in [-0.05, 0) is 132 Å². The molecule has 0 bridgehead atoms. The topological polar surface area (TPSA) is 169 Å². The van der Waals surface area contributed by atoms with Crippen LogP contribution in [0.4, 0.5) is 0 Å². The lowest BCUT2D eigenvalue weighted by atomic mass is 9.76. The average molecular weight is 779 g/mol. The van der Waals surface area contributed by atoms with Crippen molar-refractivity contribution in [3.05, 3.63) is 0 Å². The van der Waals surface area contributed by atoms with E-state index >= 15 is 0 Å². The van der Waals surface area contributed by atoms with Crippen LogP contribution < -0.4 is 21.3 Å². The van der Waals surface area contributed by atoms with Crippen LogP contribution in [0.1, 0.15) is 174 Å². The van der Waals surface area contributed by atoms with Crippen molar-refractivity contribution < 1.29 is 34.1 Å². The summed E-state index contributed by atoms with van der Waals surface area (Å²) in [6, 6.07) is -0.627. The second-order valence-electron chi connectivity index (χ2n) is 21.3. The smallest absolute Gasteiger partial charge is 0.166 e. The molecule has 0 amide bonds. The number of carbonyl (C=O) groups excluding carboxylic acids is 4. The predicted octanol–water partition coefficient (Wildman–Crippen LogP) is 5.75. The van der Waals surface area contributed by atoms with Gasteiger partial charge in [-0.3, -0.25) is 24.5 Å². The number of carbonyl (C=O) groups is 4. The summed E-state index contributed by atoms with van der Waals surface area (Å²) in [7, 11) is 0. The second kappa shape index (κ2) is 19.9. The van der Waals surface area contributed by atoms with Crippen LogP contribution in [0.5, 0.6) is 0 Å². The van der Waals surface area contributed by atoms with Gasteiger partial charge in [0.1, 0.15) is 0 Å². The summed E-state index contributed by atoms with van der Waals surface area (Å²) in [5.74, 6) is 0.399. The molecule has 3 rings (SSSR count). The van der Waals surface area contributed by atoms with Crippen molar-refractivity contribution >= 4 is 23.1 Å². The van der Waals surface area contributed by atoms with Crippen LogP contribution in [0.25, 0.3) is 0 Å². The van der Waals surface area contributed by atoms with Gasteiger partial charge in [0.15, 0.2) is 23.1 Å². The molecule has 8 atom stereocenters. The molecule has 0 spiro atoms. The quantitative estimate of drug-likeness (QED) is 0.192. The van der Waals surface area contributed by atoms with E-state index in [1.54, 1.807) is 0 Å². The summed E-state index contributed by atoms with van der Waals surface area (Å²) in [5.41, 5.74) is -2.79. The highest BCUT2D eigenvalue weighted by Crippen LogP contribution is 2.34. The maximum absolute atomic E-state index is 13.2. The number of hydrogen-bond donors (Lipinski definition) is 6. The Balaban J connectivity index is 0.000000380. The molecule has 3 saturated heterocycles. The molecule has 8 unspecified atom stereocenters. The van der Waals surface area contributed by atoms with Crippen LogP contribution in [0.3, 0.4) is 0 Å². The molecule has 3 heterocycles. The van der Waals surface area contributed by atoms with Gasteiger partial charge in [0, 0.05) is 21.9 Å². The Bertz CT molecular complexity index is 1280. The molecular weight excluding hydrogens is 697 g/mol. The van der Waals surface area contributed by atoms with E-state index in [4.69, 9.17) is 4.74 Å². The van der Waals surface area contributed by atoms with Crippen LogP contribution in [0.15, 0.2) is 0 Å². The lowest BCUT2D eigenvalue weighted by Gasteiger charge is -2.37. The third-order valence-electron chi connectivity index (χ3n) is 11.1. The van der Waals surface area contributed by atoms with Crippen LogP contribution in [-0.2, 0) is 23.9 Å². The molecule has 3 fully saturated rings. The van der Waals surface area contributed by atoms with Gasteiger partial charge in [-0.2, -0.15) is 0 Å². The Morgan fingerprint density at radius 2 is 1.22 bits per heavy atom. The fourth-order valence-electron chi connectivity index (χ4n) is 8.16. The van der Waals surface area contributed by atoms with Crippen molar-refractivity contribution in [3.8, 4) is 0 Å². The number of ether oxygens (including phenoxy) is 1. The molecule has 0 saturated carbocycles. The highest BCUT2D eigenvalue weighted by Gasteiger charge is 2.42. The molecule has 0 aromatic rings. The molecule has 0 aliphatic carbocycles. The van der Waals surface area contributed by atoms with E-state index in [0.717, 1.165) is 38.5 Å². The van der Waals surface area contributed by atoms with Gasteiger partial charge >= 0.3 is 0 Å². The van der Waals surface area contributed by atoms with E-state index in [1.807, 2.05) is 76.2 Å². The van der Waals surface area contributed by atoms with E-state index in [0.29, 0.717) is 50.7 Å². The maximum Gasteiger partial charge on any atom is 0.166 e. The van der Waals surface area contributed by atoms with Gasteiger partial charge < -0.3 is 30.9 Å². The Morgan fingerprint density at radius 1 is 0.691 bits per heavy atom. The first-order valence-electron chi connectivity index (χ1n) is 21.2. The summed E-state index contributed by atoms with van der Waals surface area (Å²) < 4.78 is 5.81. The molecule has 11 heteroatoms. The highest BCUT2D eigenvalue weighted by molar-refractivity contribution is 5.94. The van der Waals surface area contributed by atoms with Crippen LogP contribution in [-0.4, -0.2) is 105 Å². The van der Waals surface area contributed by atoms with Crippen LogP contribution in [0.2, 0.25) is 0 Å². The lowest BCUT2D eigenvalue weighted by molar-refractivity contribution is -0.133. The van der Waals surface area contributed by atoms with Crippen molar-refractivity contribution in [1.29, 1.82) is 0 Å². The Labute approximate surface area is 334 Å². The summed E-state index contributed by atoms with van der Waals surface area (Å²) >= 11 is 0. The van der Waals surface area contributed by atoms with Gasteiger partial charge in [-0.15, -0.1) is 0 Å². The molecule has 0 aromatic heterocycles. The number of aliphatic hydroxyl groups excluding tert-OH is 2. The molecule has 3 aliphatic rings. The molecule has 55 heavy (non-hydrogen) atoms. The third-order valence-corrected chi connectivity index (χ3v) is 11.1. The Hall–Kier alpha value is -1.60. The maximum atomic E-state index is 13.2. The molecule has 320 valence electrons. The van der Waals surface area contributed by atoms with Crippen LogP contribution >= 0.6 is 0 Å². The minimum absolute atomic E-state index is 0.0251. The van der Waals surface area contributed by atoms with Crippen molar-refractivity contribution in [2.75, 3.05) is 13.1 Å². The second-order valence-corrected chi connectivity index (χ2v) is 21.3. The molecule has 0 radical (unpaired) electrons. The van der Waals surface area contributed by atoms with Gasteiger partial charge in [0.05, 0.1) is 60.7 Å². The first kappa shape index (κ1) is 49.5. The van der Waals surface area contributed by atoms with E-state index < -0.39 is 34.1 Å². The zero-order valence-electron chi connectivity index (χ0n) is 37.3. The normalized spacial score (nSPS) is 33.1. The zero-order chi connectivity index (χ0) is 42.2. The molecular formula is C44H82N4O7. The SMILES string of the molecule is CC(C)(C)NC1(C)CCCC2OC2CCCC(C(=O)C(C)(C)C)NCC1=O.CC(C)(C)NC1CCCC(O)C(O)CCCC(C)(C(=O)C(C)(C)C)NCC1=O. The zero-order valence-corrected chi connectivity index (χ0v) is 37.3. The van der Waals surface area contributed by atoms with Gasteiger partial charge in [-0.1, -0.05) is 41.5 Å². The van der Waals surface area contributed by atoms with Crippen molar-refractivity contribution in [1.82, 2.24) is 21.3 Å². The number of rotatable bonds is 4. The fourth-order valence-corrected chi connectivity index (χ4v) is 8.16. The van der Waals surface area contributed by atoms with Gasteiger partial charge in [-0.25, -0.2) is 0 Å². The molecule has 0 aromatic carbocycles. The average Bonchev–Trinajstić information content (AvgIpc) is 3.78. The summed E-state index contributed by atoms with van der Waals surface area (Å²) in [6.45, 7) is 28.0. The molecule has 6 N–H and O–H groups in total. The van der Waals surface area contributed by atoms with Crippen molar-refractivity contribution in [2.45, 2.75) is 233 Å². The van der Waals surface area contributed by atoms with Crippen LogP contribution in [0, 0.1) is 10.8 Å². The summed E-state index contributed by atoms with van der Waals surface area (Å²) in [4.78, 5) is 52.1. The Kier molecular flexibility index (Phi) is 17.9. The molecule has 11 nitrogen and oxygen atoms in total. The largest absolute Gasteiger partial charge is 0.390 e. The van der Waals surface area contributed by atoms with Gasteiger partial charge in [0.2, 0.25) is 0 Å². The minimum atomic E-state index is -0.848. The third kappa shape index (κ3) is 17.0. The summed E-state index contributed by atoms with van der Waals surface area (Å²) in [6.07, 6.45) is 7.80. The first-order chi connectivity index (χ1) is 25.0. The fraction of sp³-hybridized carbons (Fsp3) is 0.909. The molecule has 3 aliphatic heterocycles. The van der Waals surface area contributed by atoms with Gasteiger partial charge in [0.25, 0.3) is 0 Å². The number of nitrogens with one attached hydrogen (secondary N) is 4. The summed E-state index contributed by atoms with van der Waals surface area (Å²) in [5, 5.41) is 34.0. The highest BCUT2D eigenvalue weighted by atomic mass is 16.6. The van der Waals surface area contributed by atoms with E-state index in [-0.39, 0.29) is 59.4 Å². The van der Waals surface area contributed by atoms with E-state index in [9.17, 15) is 29.4 Å². The monoisotopic (exact) mass is 779 g/mol. The van der Waals surface area contributed by atoms with Crippen molar-refractivity contribution in [2.24, 2.45) is 10.8 Å². The standard InChI is InChI=1S/C22H42N2O4.C22H40N2O3/c1-20(2,3)19(28)22(7)13-9-12-17(26)16(25)11-8-10-15(18(27)14-23-22)24-21(4,5)6;1-20(2,3)19(26)15-10-8-11-16-17(27-16)12-9-13-22(7,18(25)14-23-15)24-21(4,5)6/h15-17,23-26H,8-14H2,1-7H3;15-17,23-24H,8-14H2,1-7H3. The predicted molar refractivity (Wildman–Crippen MR) is 221 cm³/mol.